The quantitative estimate of drug-likeness (QED) is 0.398. The summed E-state index contributed by atoms with van der Waals surface area (Å²) in [5.41, 5.74) is 2.24. The lowest BCUT2D eigenvalue weighted by molar-refractivity contribution is 0.0376. The van der Waals surface area contributed by atoms with Crippen molar-refractivity contribution in [1.29, 1.82) is 0 Å². The molecule has 1 fully saturated rings. The van der Waals surface area contributed by atoms with Crippen LogP contribution in [0.2, 0.25) is 0 Å². The molecule has 148 valence electrons. The fraction of sp³-hybridized carbons (Fsp3) is 0.600. The van der Waals surface area contributed by atoms with Gasteiger partial charge in [0.25, 0.3) is 0 Å². The molecule has 0 atom stereocenters. The summed E-state index contributed by atoms with van der Waals surface area (Å²) in [7, 11) is 0. The SMILES string of the molecule is CCNC(=NCCCn1cnc2ccccc21)NCCCN1CCOCC1. The summed E-state index contributed by atoms with van der Waals surface area (Å²) >= 11 is 0. The van der Waals surface area contributed by atoms with E-state index in [-0.39, 0.29) is 0 Å². The van der Waals surface area contributed by atoms with Gasteiger partial charge in [0.2, 0.25) is 0 Å². The van der Waals surface area contributed by atoms with Crippen molar-refractivity contribution in [3.8, 4) is 0 Å². The van der Waals surface area contributed by atoms with Crippen LogP contribution < -0.4 is 10.6 Å². The molecule has 1 aliphatic heterocycles. The molecule has 7 heteroatoms. The van der Waals surface area contributed by atoms with Gasteiger partial charge in [-0.15, -0.1) is 0 Å². The van der Waals surface area contributed by atoms with Gasteiger partial charge < -0.3 is 19.9 Å². The van der Waals surface area contributed by atoms with Crippen molar-refractivity contribution in [2.45, 2.75) is 26.3 Å². The third-order valence-electron chi connectivity index (χ3n) is 4.75. The molecule has 27 heavy (non-hydrogen) atoms. The zero-order valence-electron chi connectivity index (χ0n) is 16.4. The molecule has 0 amide bonds. The Morgan fingerprint density at radius 1 is 1.15 bits per heavy atom. The Kier molecular flexibility index (Phi) is 7.92. The third-order valence-corrected chi connectivity index (χ3v) is 4.75. The molecule has 0 aliphatic carbocycles. The van der Waals surface area contributed by atoms with Crippen LogP contribution in [0.5, 0.6) is 0 Å². The maximum absolute atomic E-state index is 5.39. The molecule has 0 bridgehead atoms. The number of benzene rings is 1. The number of aryl methyl sites for hydroxylation is 1. The summed E-state index contributed by atoms with van der Waals surface area (Å²) in [6, 6.07) is 8.25. The van der Waals surface area contributed by atoms with Gasteiger partial charge in [-0.05, 0) is 38.4 Å². The Morgan fingerprint density at radius 2 is 2.00 bits per heavy atom. The highest BCUT2D eigenvalue weighted by Crippen LogP contribution is 2.11. The number of ether oxygens (including phenoxy) is 1. The zero-order chi connectivity index (χ0) is 18.7. The summed E-state index contributed by atoms with van der Waals surface area (Å²) in [4.78, 5) is 11.6. The minimum atomic E-state index is 0.797. The Hall–Kier alpha value is -2.12. The van der Waals surface area contributed by atoms with Crippen molar-refractivity contribution in [2.75, 3.05) is 52.5 Å². The number of imidazole rings is 1. The van der Waals surface area contributed by atoms with E-state index in [1.807, 2.05) is 18.5 Å². The molecule has 7 nitrogen and oxygen atoms in total. The summed E-state index contributed by atoms with van der Waals surface area (Å²) < 4.78 is 7.59. The largest absolute Gasteiger partial charge is 0.379 e. The van der Waals surface area contributed by atoms with Gasteiger partial charge in [0.1, 0.15) is 0 Å². The number of nitrogens with one attached hydrogen (secondary N) is 2. The standard InChI is InChI=1S/C20H32N6O/c1-2-21-20(22-9-5-11-25-13-15-27-16-14-25)23-10-6-12-26-17-24-18-7-3-4-8-19(18)26/h3-4,7-8,17H,2,5-6,9-16H2,1H3,(H2,21,22,23). The molecule has 2 N–H and O–H groups in total. The predicted molar refractivity (Wildman–Crippen MR) is 110 cm³/mol. The third kappa shape index (κ3) is 6.22. The Bertz CT molecular complexity index is 707. The van der Waals surface area contributed by atoms with E-state index in [1.54, 1.807) is 0 Å². The Morgan fingerprint density at radius 3 is 2.85 bits per heavy atom. The van der Waals surface area contributed by atoms with Crippen molar-refractivity contribution in [2.24, 2.45) is 4.99 Å². The van der Waals surface area contributed by atoms with E-state index in [0.717, 1.165) is 83.3 Å². The topological polar surface area (TPSA) is 66.7 Å². The van der Waals surface area contributed by atoms with Gasteiger partial charge >= 0.3 is 0 Å². The summed E-state index contributed by atoms with van der Waals surface area (Å²) in [5.74, 6) is 0.912. The van der Waals surface area contributed by atoms with E-state index >= 15 is 0 Å². The van der Waals surface area contributed by atoms with Crippen molar-refractivity contribution >= 4 is 17.0 Å². The lowest BCUT2D eigenvalue weighted by atomic mass is 10.3. The van der Waals surface area contributed by atoms with Gasteiger partial charge in [-0.25, -0.2) is 4.98 Å². The molecule has 0 radical (unpaired) electrons. The fourth-order valence-electron chi connectivity index (χ4n) is 3.30. The molecule has 0 unspecified atom stereocenters. The summed E-state index contributed by atoms with van der Waals surface area (Å²) in [5, 5.41) is 6.78. The smallest absolute Gasteiger partial charge is 0.191 e. The fourth-order valence-corrected chi connectivity index (χ4v) is 3.30. The van der Waals surface area contributed by atoms with Crippen LogP contribution in [0.1, 0.15) is 19.8 Å². The second-order valence-electron chi connectivity index (χ2n) is 6.78. The molecule has 1 aliphatic rings. The first kappa shape index (κ1) is 19.6. The number of guanidine groups is 1. The van der Waals surface area contributed by atoms with Crippen LogP contribution in [0, 0.1) is 0 Å². The van der Waals surface area contributed by atoms with Crippen molar-refractivity contribution in [1.82, 2.24) is 25.1 Å². The first-order valence-corrected chi connectivity index (χ1v) is 10.1. The minimum absolute atomic E-state index is 0.797. The van der Waals surface area contributed by atoms with Crippen molar-refractivity contribution in [3.63, 3.8) is 0 Å². The second kappa shape index (κ2) is 10.9. The molecular formula is C20H32N6O. The molecule has 2 aromatic rings. The minimum Gasteiger partial charge on any atom is -0.379 e. The highest BCUT2D eigenvalue weighted by Gasteiger charge is 2.09. The number of para-hydroxylation sites is 2. The van der Waals surface area contributed by atoms with Crippen LogP contribution in [0.4, 0.5) is 0 Å². The second-order valence-corrected chi connectivity index (χ2v) is 6.78. The number of aromatic nitrogens is 2. The van der Waals surface area contributed by atoms with E-state index in [2.05, 4.69) is 44.1 Å². The maximum atomic E-state index is 5.39. The van der Waals surface area contributed by atoms with E-state index in [1.165, 1.54) is 5.52 Å². The number of nitrogens with zero attached hydrogens (tertiary/aromatic N) is 4. The van der Waals surface area contributed by atoms with Crippen LogP contribution in [0.25, 0.3) is 11.0 Å². The number of rotatable bonds is 9. The summed E-state index contributed by atoms with van der Waals surface area (Å²) in [6.45, 7) is 10.6. The number of morpholine rings is 1. The van der Waals surface area contributed by atoms with Crippen LogP contribution in [-0.4, -0.2) is 72.9 Å². The Labute approximate surface area is 161 Å². The number of fused-ring (bicyclic) bond motifs is 1. The van der Waals surface area contributed by atoms with E-state index < -0.39 is 0 Å². The highest BCUT2D eigenvalue weighted by atomic mass is 16.5. The van der Waals surface area contributed by atoms with Crippen LogP contribution >= 0.6 is 0 Å². The molecule has 3 rings (SSSR count). The normalized spacial score (nSPS) is 16.0. The van der Waals surface area contributed by atoms with Crippen LogP contribution in [-0.2, 0) is 11.3 Å². The van der Waals surface area contributed by atoms with Crippen molar-refractivity contribution < 1.29 is 4.74 Å². The predicted octanol–water partition coefficient (Wildman–Crippen LogP) is 1.70. The lowest BCUT2D eigenvalue weighted by Crippen LogP contribution is -2.40. The zero-order valence-corrected chi connectivity index (χ0v) is 16.4. The van der Waals surface area contributed by atoms with Gasteiger partial charge in [0, 0.05) is 39.3 Å². The van der Waals surface area contributed by atoms with Crippen molar-refractivity contribution in [3.05, 3.63) is 30.6 Å². The maximum Gasteiger partial charge on any atom is 0.191 e. The van der Waals surface area contributed by atoms with E-state index in [4.69, 9.17) is 9.73 Å². The summed E-state index contributed by atoms with van der Waals surface area (Å²) in [6.07, 6.45) is 4.03. The average Bonchev–Trinajstić information content (AvgIpc) is 3.12. The monoisotopic (exact) mass is 372 g/mol. The number of hydrogen-bond donors (Lipinski definition) is 2. The first-order valence-electron chi connectivity index (χ1n) is 10.1. The Balaban J connectivity index is 1.37. The first-order chi connectivity index (χ1) is 13.4. The molecular weight excluding hydrogens is 340 g/mol. The molecule has 1 saturated heterocycles. The van der Waals surface area contributed by atoms with E-state index in [0.29, 0.717) is 0 Å². The van der Waals surface area contributed by atoms with Gasteiger partial charge in [-0.2, -0.15) is 0 Å². The lowest BCUT2D eigenvalue weighted by Gasteiger charge is -2.26. The average molecular weight is 373 g/mol. The van der Waals surface area contributed by atoms with Crippen LogP contribution in [0.3, 0.4) is 0 Å². The van der Waals surface area contributed by atoms with E-state index in [9.17, 15) is 0 Å². The van der Waals surface area contributed by atoms with Gasteiger partial charge in [0.15, 0.2) is 5.96 Å². The molecule has 1 aromatic heterocycles. The van der Waals surface area contributed by atoms with Gasteiger partial charge in [-0.3, -0.25) is 9.89 Å². The number of aliphatic imine (C=N–C) groups is 1. The number of hydrogen-bond acceptors (Lipinski definition) is 4. The molecule has 2 heterocycles. The van der Waals surface area contributed by atoms with Gasteiger partial charge in [0.05, 0.1) is 30.6 Å². The molecule has 1 aromatic carbocycles. The molecule has 0 saturated carbocycles. The van der Waals surface area contributed by atoms with Crippen LogP contribution in [0.15, 0.2) is 35.6 Å². The molecule has 0 spiro atoms. The highest BCUT2D eigenvalue weighted by molar-refractivity contribution is 5.79. The van der Waals surface area contributed by atoms with Gasteiger partial charge in [-0.1, -0.05) is 12.1 Å².